The van der Waals surface area contributed by atoms with Gasteiger partial charge in [0.1, 0.15) is 0 Å². The SMILES string of the molecule is CC(C)n1[c-]ncc1.[Li+]. The molecule has 0 atom stereocenters. The zero-order chi connectivity index (χ0) is 5.98. The Morgan fingerprint density at radius 3 is 2.44 bits per heavy atom. The summed E-state index contributed by atoms with van der Waals surface area (Å²) in [5.41, 5.74) is 0. The van der Waals surface area contributed by atoms with E-state index in [-0.39, 0.29) is 18.9 Å². The quantitative estimate of drug-likeness (QED) is 0.315. The number of aromatic nitrogens is 2. The van der Waals surface area contributed by atoms with Crippen molar-refractivity contribution in [1.82, 2.24) is 9.55 Å². The second kappa shape index (κ2) is 3.76. The normalized spacial score (nSPS) is 9.22. The van der Waals surface area contributed by atoms with E-state index in [1.54, 1.807) is 6.20 Å². The van der Waals surface area contributed by atoms with Gasteiger partial charge in [-0.15, -0.1) is 12.4 Å². The zero-order valence-corrected chi connectivity index (χ0v) is 6.13. The molecule has 0 fully saturated rings. The van der Waals surface area contributed by atoms with Gasteiger partial charge in [-0.25, -0.2) is 0 Å². The van der Waals surface area contributed by atoms with Crippen LogP contribution in [-0.4, -0.2) is 9.55 Å². The van der Waals surface area contributed by atoms with Gasteiger partial charge < -0.3 is 9.55 Å². The first-order valence-electron chi connectivity index (χ1n) is 2.71. The monoisotopic (exact) mass is 116 g/mol. The second-order valence-corrected chi connectivity index (χ2v) is 2.03. The number of hydrogen-bond donors (Lipinski definition) is 0. The maximum Gasteiger partial charge on any atom is 1.00 e. The molecule has 0 amide bonds. The van der Waals surface area contributed by atoms with E-state index in [9.17, 15) is 0 Å². The predicted octanol–water partition coefficient (Wildman–Crippen LogP) is -1.73. The van der Waals surface area contributed by atoms with Crippen LogP contribution in [0.1, 0.15) is 19.9 Å². The number of nitrogens with zero attached hydrogens (tertiary/aromatic N) is 2. The fourth-order valence-corrected chi connectivity index (χ4v) is 0.526. The molecule has 0 N–H and O–H groups in total. The molecule has 2 nitrogen and oxygen atoms in total. The minimum atomic E-state index is 0. The third kappa shape index (κ3) is 2.25. The molecule has 0 aliphatic heterocycles. The summed E-state index contributed by atoms with van der Waals surface area (Å²) in [6.07, 6.45) is 6.45. The second-order valence-electron chi connectivity index (χ2n) is 2.03. The van der Waals surface area contributed by atoms with E-state index in [0.29, 0.717) is 6.04 Å². The molecule has 1 rings (SSSR count). The summed E-state index contributed by atoms with van der Waals surface area (Å²) in [6.45, 7) is 4.19. The summed E-state index contributed by atoms with van der Waals surface area (Å²) in [6, 6.07) is 0.484. The molecular weight excluding hydrogens is 107 g/mol. The van der Waals surface area contributed by atoms with Crippen LogP contribution in [0.3, 0.4) is 0 Å². The van der Waals surface area contributed by atoms with Crippen molar-refractivity contribution in [3.8, 4) is 0 Å². The van der Waals surface area contributed by atoms with Gasteiger partial charge in [0.05, 0.1) is 0 Å². The molecule has 1 aromatic rings. The summed E-state index contributed by atoms with van der Waals surface area (Å²) < 4.78 is 1.93. The van der Waals surface area contributed by atoms with Gasteiger partial charge >= 0.3 is 18.9 Å². The molecule has 0 aliphatic rings. The smallest absolute Gasteiger partial charge is 0.452 e. The van der Waals surface area contributed by atoms with Crippen molar-refractivity contribution in [3.05, 3.63) is 18.7 Å². The van der Waals surface area contributed by atoms with Crippen LogP contribution in [0.25, 0.3) is 0 Å². The average molecular weight is 116 g/mol. The van der Waals surface area contributed by atoms with E-state index in [0.717, 1.165) is 0 Å². The summed E-state index contributed by atoms with van der Waals surface area (Å²) in [5.74, 6) is 0. The first-order valence-corrected chi connectivity index (χ1v) is 2.71. The summed E-state index contributed by atoms with van der Waals surface area (Å²) >= 11 is 0. The molecule has 0 spiro atoms. The maximum atomic E-state index is 3.78. The molecule has 0 aromatic carbocycles. The molecule has 3 heteroatoms. The largest absolute Gasteiger partial charge is 1.00 e. The Hall–Kier alpha value is -0.193. The van der Waals surface area contributed by atoms with E-state index in [2.05, 4.69) is 25.2 Å². The van der Waals surface area contributed by atoms with Crippen molar-refractivity contribution in [3.63, 3.8) is 0 Å². The number of hydrogen-bond acceptors (Lipinski definition) is 1. The van der Waals surface area contributed by atoms with Crippen molar-refractivity contribution in [2.24, 2.45) is 0 Å². The molecule has 44 valence electrons. The summed E-state index contributed by atoms with van der Waals surface area (Å²) in [5, 5.41) is 0. The molecule has 0 radical (unpaired) electrons. The Morgan fingerprint density at radius 2 is 2.22 bits per heavy atom. The van der Waals surface area contributed by atoms with Gasteiger partial charge in [0.2, 0.25) is 0 Å². The van der Waals surface area contributed by atoms with Crippen molar-refractivity contribution < 1.29 is 18.9 Å². The Balaban J connectivity index is 0.000000640. The van der Waals surface area contributed by atoms with Gasteiger partial charge in [-0.3, -0.25) is 0 Å². The molecule has 0 bridgehead atoms. The van der Waals surface area contributed by atoms with Crippen molar-refractivity contribution in [2.75, 3.05) is 0 Å². The molecule has 0 saturated heterocycles. The maximum absolute atomic E-state index is 3.78. The Morgan fingerprint density at radius 1 is 1.56 bits per heavy atom. The van der Waals surface area contributed by atoms with Crippen LogP contribution >= 0.6 is 0 Å². The number of rotatable bonds is 1. The molecule has 0 unspecified atom stereocenters. The first kappa shape index (κ1) is 8.81. The fraction of sp³-hybridized carbons (Fsp3) is 0.500. The van der Waals surface area contributed by atoms with E-state index >= 15 is 0 Å². The molecule has 1 aromatic heterocycles. The van der Waals surface area contributed by atoms with Crippen LogP contribution in [-0.2, 0) is 0 Å². The number of imidazole rings is 1. The zero-order valence-electron chi connectivity index (χ0n) is 6.13. The Bertz CT molecular complexity index is 146. The van der Waals surface area contributed by atoms with Gasteiger partial charge in [0, 0.05) is 12.4 Å². The van der Waals surface area contributed by atoms with Crippen molar-refractivity contribution >= 4 is 0 Å². The predicted molar refractivity (Wildman–Crippen MR) is 31.4 cm³/mol. The van der Waals surface area contributed by atoms with E-state index in [1.165, 1.54) is 0 Å². The third-order valence-electron chi connectivity index (χ3n) is 1.03. The van der Waals surface area contributed by atoms with Gasteiger partial charge in [-0.1, -0.05) is 0 Å². The van der Waals surface area contributed by atoms with Crippen LogP contribution in [0, 0.1) is 6.33 Å². The minimum Gasteiger partial charge on any atom is -0.452 e. The van der Waals surface area contributed by atoms with E-state index in [1.807, 2.05) is 10.8 Å². The molecular formula is C6H9LiN2. The van der Waals surface area contributed by atoms with E-state index < -0.39 is 0 Å². The van der Waals surface area contributed by atoms with E-state index in [4.69, 9.17) is 0 Å². The Labute approximate surface area is 67.5 Å². The fourth-order valence-electron chi connectivity index (χ4n) is 0.526. The standard InChI is InChI=1S/C6H9N2.Li/c1-6(2)8-4-3-7-5-8;/h3-4,6H,1-2H3;/q-1;+1. The van der Waals surface area contributed by atoms with Crippen LogP contribution in [0.15, 0.2) is 12.4 Å². The average Bonchev–Trinajstić information content (AvgIpc) is 2.12. The first-order chi connectivity index (χ1) is 3.80. The van der Waals surface area contributed by atoms with Crippen LogP contribution < -0.4 is 18.9 Å². The van der Waals surface area contributed by atoms with Crippen molar-refractivity contribution in [2.45, 2.75) is 19.9 Å². The van der Waals surface area contributed by atoms with Gasteiger partial charge in [-0.2, -0.15) is 0 Å². The topological polar surface area (TPSA) is 17.8 Å². The van der Waals surface area contributed by atoms with Gasteiger partial charge in [0.25, 0.3) is 0 Å². The molecule has 0 saturated carbocycles. The van der Waals surface area contributed by atoms with Crippen LogP contribution in [0.4, 0.5) is 0 Å². The Kier molecular flexibility index (Phi) is 3.68. The van der Waals surface area contributed by atoms with Crippen LogP contribution in [0.5, 0.6) is 0 Å². The molecule has 0 aliphatic carbocycles. The van der Waals surface area contributed by atoms with Gasteiger partial charge in [-0.05, 0) is 13.8 Å². The third-order valence-corrected chi connectivity index (χ3v) is 1.03. The molecule has 9 heavy (non-hydrogen) atoms. The molecule has 1 heterocycles. The minimum absolute atomic E-state index is 0. The van der Waals surface area contributed by atoms with Crippen LogP contribution in [0.2, 0.25) is 0 Å². The van der Waals surface area contributed by atoms with Gasteiger partial charge in [0.15, 0.2) is 0 Å². The summed E-state index contributed by atoms with van der Waals surface area (Å²) in [4.78, 5) is 3.78. The van der Waals surface area contributed by atoms with Crippen molar-refractivity contribution in [1.29, 1.82) is 0 Å². The summed E-state index contributed by atoms with van der Waals surface area (Å²) in [7, 11) is 0.